The standard InChI is InChI=1S/C44H32N6S4/c1-43(2)25-13-5-9-17-29(25)49(30-18-10-6-14-26(30)43)35-23-21-33(51-35)37-39-41(47-53-45-39)38(42-40(37)46-54-48-42)34-22-24-36(52-34)50-31-19-11-7-15-27(31)44(3,4)28-16-8-12-20-32(28)50/h5-24H,1-4H3. The average Bonchev–Trinajstić information content (AvgIpc) is 4.03. The van der Waals surface area contributed by atoms with Gasteiger partial charge in [0.05, 0.1) is 45.8 Å². The summed E-state index contributed by atoms with van der Waals surface area (Å²) in [6.07, 6.45) is 0. The van der Waals surface area contributed by atoms with E-state index in [1.54, 1.807) is 22.7 Å². The van der Waals surface area contributed by atoms with Crippen LogP contribution in [0.2, 0.25) is 0 Å². The van der Waals surface area contributed by atoms with Crippen LogP contribution in [0.25, 0.3) is 31.9 Å². The molecule has 262 valence electrons. The monoisotopic (exact) mass is 772 g/mol. The minimum absolute atomic E-state index is 0.116. The first-order valence-electron chi connectivity index (χ1n) is 17.9. The van der Waals surface area contributed by atoms with Crippen LogP contribution in [0.5, 0.6) is 0 Å². The fourth-order valence-corrected chi connectivity index (χ4v) is 12.0. The second kappa shape index (κ2) is 11.6. The lowest BCUT2D eigenvalue weighted by molar-refractivity contribution is 0.632. The zero-order chi connectivity index (χ0) is 36.3. The zero-order valence-corrected chi connectivity index (χ0v) is 33.1. The molecule has 0 saturated heterocycles. The van der Waals surface area contributed by atoms with Gasteiger partial charge in [-0.15, -0.1) is 22.7 Å². The van der Waals surface area contributed by atoms with Crippen molar-refractivity contribution < 1.29 is 0 Å². The molecule has 0 atom stereocenters. The van der Waals surface area contributed by atoms with Gasteiger partial charge in [-0.25, -0.2) is 0 Å². The summed E-state index contributed by atoms with van der Waals surface area (Å²) >= 11 is 6.03. The van der Waals surface area contributed by atoms with E-state index in [1.807, 2.05) is 0 Å². The van der Waals surface area contributed by atoms with Crippen molar-refractivity contribution in [2.75, 3.05) is 9.80 Å². The SMILES string of the molecule is CC1(C)c2ccccc2N(c2ccc(-c3c4c(c(-c5ccc(N6c7ccccc7C(C)(C)c7ccccc76)s5)c5nsnc35)N=S=N4)s2)c2ccccc21. The summed E-state index contributed by atoms with van der Waals surface area (Å²) in [5, 5.41) is 2.29. The first kappa shape index (κ1) is 32.2. The Balaban J connectivity index is 1.04. The molecule has 10 heteroatoms. The molecule has 6 heterocycles. The Morgan fingerprint density at radius 3 is 1.17 bits per heavy atom. The van der Waals surface area contributed by atoms with Crippen LogP contribution in [0.3, 0.4) is 0 Å². The minimum atomic E-state index is -0.116. The van der Waals surface area contributed by atoms with Crippen molar-refractivity contribution >= 4 is 101 Å². The molecule has 3 aliphatic rings. The quantitative estimate of drug-likeness (QED) is 0.179. The van der Waals surface area contributed by atoms with Gasteiger partial charge >= 0.3 is 0 Å². The first-order valence-corrected chi connectivity index (χ1v) is 21.0. The Hall–Kier alpha value is -5.26. The van der Waals surface area contributed by atoms with Crippen LogP contribution >= 0.6 is 34.4 Å². The molecule has 0 N–H and O–H groups in total. The van der Waals surface area contributed by atoms with Crippen molar-refractivity contribution in [3.8, 4) is 20.9 Å². The number of rotatable bonds is 4. The molecule has 5 aromatic carbocycles. The number of benzene rings is 5. The fourth-order valence-electron chi connectivity index (χ4n) is 8.70. The van der Waals surface area contributed by atoms with Gasteiger partial charge in [0.2, 0.25) is 0 Å². The van der Waals surface area contributed by atoms with E-state index in [0.717, 1.165) is 53.3 Å². The smallest absolute Gasteiger partial charge is 0.116 e. The van der Waals surface area contributed by atoms with Crippen LogP contribution in [-0.2, 0) is 22.2 Å². The third-order valence-electron chi connectivity index (χ3n) is 11.3. The van der Waals surface area contributed by atoms with Gasteiger partial charge in [-0.1, -0.05) is 100 Å². The first-order chi connectivity index (χ1) is 26.3. The molecule has 0 aliphatic carbocycles. The maximum atomic E-state index is 4.95. The van der Waals surface area contributed by atoms with Crippen molar-refractivity contribution in [1.82, 2.24) is 8.75 Å². The van der Waals surface area contributed by atoms with Crippen LogP contribution < -0.4 is 9.80 Å². The van der Waals surface area contributed by atoms with E-state index in [4.69, 9.17) is 17.5 Å². The number of aromatic nitrogens is 2. The van der Waals surface area contributed by atoms with Crippen LogP contribution in [0.4, 0.5) is 44.1 Å². The Morgan fingerprint density at radius 2 is 0.796 bits per heavy atom. The molecule has 6 nitrogen and oxygen atoms in total. The molecule has 0 fully saturated rings. The van der Waals surface area contributed by atoms with Crippen molar-refractivity contribution in [3.63, 3.8) is 0 Å². The lowest BCUT2D eigenvalue weighted by atomic mass is 9.74. The van der Waals surface area contributed by atoms with E-state index >= 15 is 0 Å². The Morgan fingerprint density at radius 1 is 0.444 bits per heavy atom. The summed E-state index contributed by atoms with van der Waals surface area (Å²) in [6.45, 7) is 9.29. The van der Waals surface area contributed by atoms with E-state index in [9.17, 15) is 0 Å². The molecule has 54 heavy (non-hydrogen) atoms. The third kappa shape index (κ3) is 4.42. The highest BCUT2D eigenvalue weighted by atomic mass is 32.1. The predicted molar refractivity (Wildman–Crippen MR) is 229 cm³/mol. The van der Waals surface area contributed by atoms with Gasteiger partial charge in [-0.05, 0) is 70.8 Å². The molecular weight excluding hydrogens is 741 g/mol. The second-order valence-corrected chi connectivity index (χ2v) is 18.1. The molecule has 0 radical (unpaired) electrons. The van der Waals surface area contributed by atoms with Crippen LogP contribution in [0, 0.1) is 0 Å². The summed E-state index contributed by atoms with van der Waals surface area (Å²) < 4.78 is 19.8. The third-order valence-corrected chi connectivity index (χ3v) is 14.5. The number of hydrogen-bond acceptors (Lipinski definition) is 9. The summed E-state index contributed by atoms with van der Waals surface area (Å²) in [6, 6.07) is 44.0. The molecule has 0 bridgehead atoms. The number of nitrogens with zero attached hydrogens (tertiary/aromatic N) is 6. The number of thiophene rings is 2. The van der Waals surface area contributed by atoms with Gasteiger partial charge in [0.15, 0.2) is 0 Å². The van der Waals surface area contributed by atoms with Gasteiger partial charge in [0.25, 0.3) is 0 Å². The lowest BCUT2D eigenvalue weighted by Gasteiger charge is -2.41. The van der Waals surface area contributed by atoms with E-state index in [-0.39, 0.29) is 10.8 Å². The highest BCUT2D eigenvalue weighted by Crippen LogP contribution is 2.59. The highest BCUT2D eigenvalue weighted by molar-refractivity contribution is 7.58. The minimum Gasteiger partial charge on any atom is -0.301 e. The van der Waals surface area contributed by atoms with Crippen molar-refractivity contribution in [1.29, 1.82) is 0 Å². The van der Waals surface area contributed by atoms with Crippen molar-refractivity contribution in [3.05, 3.63) is 144 Å². The number of para-hydroxylation sites is 4. The Kier molecular flexibility index (Phi) is 6.93. The lowest BCUT2D eigenvalue weighted by Crippen LogP contribution is -2.30. The molecule has 11 rings (SSSR count). The highest BCUT2D eigenvalue weighted by Gasteiger charge is 2.39. The predicted octanol–water partition coefficient (Wildman–Crippen LogP) is 14.1. The van der Waals surface area contributed by atoms with Gasteiger partial charge in [0.1, 0.15) is 32.4 Å². The number of anilines is 6. The van der Waals surface area contributed by atoms with Gasteiger partial charge in [0, 0.05) is 31.7 Å². The van der Waals surface area contributed by atoms with E-state index in [0.29, 0.717) is 0 Å². The summed E-state index contributed by atoms with van der Waals surface area (Å²) in [5.74, 6) is 0. The maximum Gasteiger partial charge on any atom is 0.116 e. The number of fused-ring (bicyclic) bond motifs is 6. The van der Waals surface area contributed by atoms with E-state index < -0.39 is 0 Å². The Labute approximate surface area is 329 Å². The molecule has 0 unspecified atom stereocenters. The van der Waals surface area contributed by atoms with Gasteiger partial charge in [-0.3, -0.25) is 0 Å². The van der Waals surface area contributed by atoms with Crippen molar-refractivity contribution in [2.45, 2.75) is 38.5 Å². The van der Waals surface area contributed by atoms with Crippen LogP contribution in [-0.4, -0.2) is 8.75 Å². The van der Waals surface area contributed by atoms with Crippen molar-refractivity contribution in [2.24, 2.45) is 8.73 Å². The zero-order valence-electron chi connectivity index (χ0n) is 29.9. The Bertz CT molecular complexity index is 2630. The molecule has 0 amide bonds. The number of hydrogen-bond donors (Lipinski definition) is 0. The van der Waals surface area contributed by atoms with Gasteiger partial charge < -0.3 is 9.80 Å². The maximum absolute atomic E-state index is 4.95. The molecule has 0 spiro atoms. The largest absolute Gasteiger partial charge is 0.301 e. The second-order valence-electron chi connectivity index (χ2n) is 14.9. The van der Waals surface area contributed by atoms with Crippen LogP contribution in [0.15, 0.2) is 130 Å². The molecule has 3 aromatic heterocycles. The van der Waals surface area contributed by atoms with Gasteiger partial charge in [-0.2, -0.15) is 17.5 Å². The molecular formula is C44H32N6S4. The fraction of sp³-hybridized carbons (Fsp3) is 0.136. The molecule has 3 aliphatic heterocycles. The molecule has 8 aromatic rings. The van der Waals surface area contributed by atoms with Crippen LogP contribution in [0.1, 0.15) is 49.9 Å². The summed E-state index contributed by atoms with van der Waals surface area (Å²) in [4.78, 5) is 7.03. The normalized spacial score (nSPS) is 15.7. The van der Waals surface area contributed by atoms with E-state index in [1.165, 1.54) is 68.1 Å². The summed E-state index contributed by atoms with van der Waals surface area (Å²) in [7, 11) is 0. The average molecular weight is 773 g/mol. The molecule has 0 saturated carbocycles. The summed E-state index contributed by atoms with van der Waals surface area (Å²) in [5.41, 5.74) is 15.3. The topological polar surface area (TPSA) is 57.0 Å². The van der Waals surface area contributed by atoms with E-state index in [2.05, 4.69) is 159 Å².